The second-order valence-electron chi connectivity index (χ2n) is 10.0. The van der Waals surface area contributed by atoms with Gasteiger partial charge in [0.15, 0.2) is 0 Å². The molecule has 3 aromatic rings. The number of aliphatic carboxylic acids is 1. The van der Waals surface area contributed by atoms with Crippen molar-refractivity contribution in [3.63, 3.8) is 0 Å². The summed E-state index contributed by atoms with van der Waals surface area (Å²) < 4.78 is 48.1. The lowest BCUT2D eigenvalue weighted by atomic mass is 9.84. The SMILES string of the molecule is O=C(O)CCNC(=O)c1cccc(N(Cc2cccc(OC(F)(F)F)c2)C(=O)Oc2ccc(C3CCCCC3)cc2)c1. The number of alkyl halides is 3. The molecule has 4 rings (SSSR count). The third-order valence-corrected chi connectivity index (χ3v) is 6.90. The Kier molecular flexibility index (Phi) is 10.1. The van der Waals surface area contributed by atoms with Crippen LogP contribution in [0.15, 0.2) is 72.8 Å². The second-order valence-corrected chi connectivity index (χ2v) is 10.0. The average molecular weight is 585 g/mol. The van der Waals surface area contributed by atoms with E-state index in [1.165, 1.54) is 60.1 Å². The van der Waals surface area contributed by atoms with Crippen LogP contribution in [0, 0.1) is 0 Å². The standard InChI is InChI=1S/C31H31F3N2O6/c32-31(33,34)42-27-11-4-6-21(18-27)20-36(25-10-5-9-24(19-25)29(39)35-17-16-28(37)38)30(40)41-26-14-12-23(13-15-26)22-7-2-1-3-8-22/h4-6,9-15,18-19,22H,1-3,7-8,16-17,20H2,(H,35,39)(H,37,38). The van der Waals surface area contributed by atoms with Crippen LogP contribution < -0.4 is 19.7 Å². The van der Waals surface area contributed by atoms with E-state index in [0.717, 1.165) is 25.0 Å². The number of carboxylic acid groups (broad SMARTS) is 1. The Morgan fingerprint density at radius 2 is 1.62 bits per heavy atom. The summed E-state index contributed by atoms with van der Waals surface area (Å²) >= 11 is 0. The number of halogens is 3. The monoisotopic (exact) mass is 584 g/mol. The molecule has 0 bridgehead atoms. The third-order valence-electron chi connectivity index (χ3n) is 6.90. The van der Waals surface area contributed by atoms with E-state index < -0.39 is 30.1 Å². The molecule has 1 fully saturated rings. The number of nitrogens with zero attached hydrogens (tertiary/aromatic N) is 1. The second kappa shape index (κ2) is 13.9. The normalized spacial score (nSPS) is 13.7. The zero-order valence-electron chi connectivity index (χ0n) is 22.7. The van der Waals surface area contributed by atoms with Crippen molar-refractivity contribution in [2.24, 2.45) is 0 Å². The minimum atomic E-state index is -4.89. The first-order chi connectivity index (χ1) is 20.1. The molecular formula is C31H31F3N2O6. The van der Waals surface area contributed by atoms with Crippen molar-refractivity contribution in [3.05, 3.63) is 89.5 Å². The lowest BCUT2D eigenvalue weighted by Gasteiger charge is -2.24. The van der Waals surface area contributed by atoms with E-state index >= 15 is 0 Å². The lowest BCUT2D eigenvalue weighted by Crippen LogP contribution is -2.33. The van der Waals surface area contributed by atoms with Crippen molar-refractivity contribution in [2.75, 3.05) is 11.4 Å². The maximum Gasteiger partial charge on any atom is 0.573 e. The number of carboxylic acids is 1. The minimum absolute atomic E-state index is 0.0903. The van der Waals surface area contributed by atoms with Crippen molar-refractivity contribution in [2.45, 2.75) is 57.3 Å². The van der Waals surface area contributed by atoms with E-state index in [1.54, 1.807) is 18.2 Å². The molecule has 2 amide bonds. The summed E-state index contributed by atoms with van der Waals surface area (Å²) in [4.78, 5) is 38.0. The van der Waals surface area contributed by atoms with Crippen molar-refractivity contribution in [1.29, 1.82) is 0 Å². The Bertz CT molecular complexity index is 1390. The van der Waals surface area contributed by atoms with Crippen LogP contribution in [0.25, 0.3) is 0 Å². The Balaban J connectivity index is 1.57. The number of hydrogen-bond donors (Lipinski definition) is 2. The van der Waals surface area contributed by atoms with Gasteiger partial charge in [0, 0.05) is 17.8 Å². The fourth-order valence-electron chi connectivity index (χ4n) is 4.88. The van der Waals surface area contributed by atoms with Crippen LogP contribution in [0.2, 0.25) is 0 Å². The van der Waals surface area contributed by atoms with Gasteiger partial charge in [-0.15, -0.1) is 13.2 Å². The molecule has 1 aliphatic carbocycles. The molecule has 42 heavy (non-hydrogen) atoms. The quantitative estimate of drug-likeness (QED) is 0.265. The first-order valence-corrected chi connectivity index (χ1v) is 13.6. The summed E-state index contributed by atoms with van der Waals surface area (Å²) in [5.41, 5.74) is 1.89. The number of amides is 2. The molecule has 3 aromatic carbocycles. The fourth-order valence-corrected chi connectivity index (χ4v) is 4.88. The molecule has 0 aromatic heterocycles. The Morgan fingerprint density at radius 3 is 2.31 bits per heavy atom. The van der Waals surface area contributed by atoms with E-state index in [9.17, 15) is 27.6 Å². The molecule has 0 aliphatic heterocycles. The van der Waals surface area contributed by atoms with E-state index in [0.29, 0.717) is 17.2 Å². The molecule has 0 unspecified atom stereocenters. The summed E-state index contributed by atoms with van der Waals surface area (Å²) in [5.74, 6) is -1.30. The highest BCUT2D eigenvalue weighted by atomic mass is 19.4. The molecular weight excluding hydrogens is 553 g/mol. The van der Waals surface area contributed by atoms with Crippen LogP contribution in [0.1, 0.15) is 65.9 Å². The molecule has 0 atom stereocenters. The Morgan fingerprint density at radius 1 is 0.905 bits per heavy atom. The molecule has 0 heterocycles. The number of benzene rings is 3. The summed E-state index contributed by atoms with van der Waals surface area (Å²) in [6, 6.07) is 18.5. The third kappa shape index (κ3) is 8.98. The van der Waals surface area contributed by atoms with Crippen LogP contribution >= 0.6 is 0 Å². The first kappa shape index (κ1) is 30.4. The number of nitrogens with one attached hydrogen (secondary N) is 1. The molecule has 0 radical (unpaired) electrons. The highest BCUT2D eigenvalue weighted by Gasteiger charge is 2.31. The van der Waals surface area contributed by atoms with Gasteiger partial charge >= 0.3 is 18.4 Å². The zero-order valence-corrected chi connectivity index (χ0v) is 22.7. The number of carbonyl (C=O) groups excluding carboxylic acids is 2. The number of carbonyl (C=O) groups is 3. The van der Waals surface area contributed by atoms with Crippen molar-refractivity contribution in [1.82, 2.24) is 5.32 Å². The number of anilines is 1. The summed E-state index contributed by atoms with van der Waals surface area (Å²) in [6.45, 7) is -0.287. The van der Waals surface area contributed by atoms with Gasteiger partial charge in [-0.3, -0.25) is 14.5 Å². The molecule has 11 heteroatoms. The maximum absolute atomic E-state index is 13.5. The van der Waals surface area contributed by atoms with Gasteiger partial charge in [-0.2, -0.15) is 0 Å². The predicted octanol–water partition coefficient (Wildman–Crippen LogP) is 7.04. The summed E-state index contributed by atoms with van der Waals surface area (Å²) in [5, 5.41) is 11.3. The molecule has 222 valence electrons. The highest BCUT2D eigenvalue weighted by Crippen LogP contribution is 2.33. The number of rotatable bonds is 10. The van der Waals surface area contributed by atoms with Gasteiger partial charge in [0.2, 0.25) is 0 Å². The van der Waals surface area contributed by atoms with E-state index in [1.807, 2.05) is 12.1 Å². The molecule has 1 aliphatic rings. The van der Waals surface area contributed by atoms with Gasteiger partial charge in [0.05, 0.1) is 13.0 Å². The van der Waals surface area contributed by atoms with E-state index in [-0.39, 0.29) is 30.8 Å². The number of ether oxygens (including phenoxy) is 2. The minimum Gasteiger partial charge on any atom is -0.481 e. The summed E-state index contributed by atoms with van der Waals surface area (Å²) in [6.07, 6.45) is -0.133. The van der Waals surface area contributed by atoms with Gasteiger partial charge in [-0.1, -0.05) is 49.6 Å². The van der Waals surface area contributed by atoms with Gasteiger partial charge in [0.1, 0.15) is 11.5 Å². The van der Waals surface area contributed by atoms with Crippen LogP contribution in [0.3, 0.4) is 0 Å². The molecule has 0 spiro atoms. The topological polar surface area (TPSA) is 105 Å². The first-order valence-electron chi connectivity index (χ1n) is 13.6. The van der Waals surface area contributed by atoms with Crippen LogP contribution in [0.5, 0.6) is 11.5 Å². The molecule has 0 saturated heterocycles. The Labute approximate surface area is 241 Å². The highest BCUT2D eigenvalue weighted by molar-refractivity contribution is 5.97. The van der Waals surface area contributed by atoms with Crippen LogP contribution in [-0.2, 0) is 11.3 Å². The van der Waals surface area contributed by atoms with Crippen molar-refractivity contribution in [3.8, 4) is 11.5 Å². The van der Waals surface area contributed by atoms with Gasteiger partial charge in [-0.05, 0) is 72.4 Å². The van der Waals surface area contributed by atoms with Gasteiger partial charge in [-0.25, -0.2) is 4.79 Å². The molecule has 8 nitrogen and oxygen atoms in total. The largest absolute Gasteiger partial charge is 0.573 e. The van der Waals surface area contributed by atoms with Gasteiger partial charge in [0.25, 0.3) is 5.91 Å². The lowest BCUT2D eigenvalue weighted by molar-refractivity contribution is -0.274. The maximum atomic E-state index is 13.5. The Hall–Kier alpha value is -4.54. The average Bonchev–Trinajstić information content (AvgIpc) is 2.96. The zero-order chi connectivity index (χ0) is 30.1. The van der Waals surface area contributed by atoms with E-state index in [2.05, 4.69) is 10.1 Å². The fraction of sp³-hybridized carbons (Fsp3) is 0.323. The van der Waals surface area contributed by atoms with E-state index in [4.69, 9.17) is 9.84 Å². The van der Waals surface area contributed by atoms with Crippen molar-refractivity contribution >= 4 is 23.7 Å². The van der Waals surface area contributed by atoms with Crippen LogP contribution in [0.4, 0.5) is 23.7 Å². The smallest absolute Gasteiger partial charge is 0.481 e. The molecule has 1 saturated carbocycles. The van der Waals surface area contributed by atoms with Crippen molar-refractivity contribution < 1.29 is 42.1 Å². The molecule has 2 N–H and O–H groups in total. The van der Waals surface area contributed by atoms with Gasteiger partial charge < -0.3 is 19.9 Å². The predicted molar refractivity (Wildman–Crippen MR) is 149 cm³/mol. The number of hydrogen-bond acceptors (Lipinski definition) is 5. The van der Waals surface area contributed by atoms with Crippen LogP contribution in [-0.4, -0.2) is 36.0 Å². The summed E-state index contributed by atoms with van der Waals surface area (Å²) in [7, 11) is 0.